The van der Waals surface area contributed by atoms with Gasteiger partial charge in [-0.15, -0.1) is 0 Å². The number of carbonyl (C=O) groups is 1. The minimum Gasteiger partial charge on any atom is -0.462 e. The number of sulfonamides is 2. The first-order valence-electron chi connectivity index (χ1n) is 16.6. The van der Waals surface area contributed by atoms with Crippen LogP contribution < -0.4 is 0 Å². The van der Waals surface area contributed by atoms with Crippen LogP contribution in [0.25, 0.3) is 0 Å². The van der Waals surface area contributed by atoms with Gasteiger partial charge in [0.05, 0.1) is 44.0 Å². The summed E-state index contributed by atoms with van der Waals surface area (Å²) in [6.45, 7) is 26.3. The molecule has 0 spiro atoms. The molecule has 0 rings (SSSR count). The smallest absolute Gasteiger partial charge is 0.462 e. The zero-order chi connectivity index (χ0) is 40.5. The molecule has 0 saturated carbocycles. The molecule has 0 aromatic carbocycles. The molecule has 0 fully saturated rings. The molecule has 0 aliphatic carbocycles. The number of esters is 1. The molecule has 0 aliphatic rings. The van der Waals surface area contributed by atoms with E-state index in [2.05, 4.69) is 4.52 Å². The molecule has 0 heterocycles. The van der Waals surface area contributed by atoms with Crippen LogP contribution in [0.2, 0.25) is 0 Å². The van der Waals surface area contributed by atoms with Crippen molar-refractivity contribution in [2.24, 2.45) is 10.8 Å². The van der Waals surface area contributed by atoms with Gasteiger partial charge in [-0.1, -0.05) is 41.5 Å². The van der Waals surface area contributed by atoms with Gasteiger partial charge in [-0.3, -0.25) is 14.2 Å². The van der Waals surface area contributed by atoms with E-state index in [1.165, 1.54) is 14.9 Å². The van der Waals surface area contributed by atoms with Gasteiger partial charge in [0.15, 0.2) is 0 Å². The topological polar surface area (TPSA) is 190 Å². The maximum atomic E-state index is 12.2. The van der Waals surface area contributed by atoms with Crippen molar-refractivity contribution in [1.82, 2.24) is 13.5 Å². The number of phosphoric ester groups is 1. The zero-order valence-corrected chi connectivity index (χ0v) is 36.5. The van der Waals surface area contributed by atoms with E-state index in [1.807, 2.05) is 76.2 Å². The summed E-state index contributed by atoms with van der Waals surface area (Å²) in [5.74, 6) is -0.367. The summed E-state index contributed by atoms with van der Waals surface area (Å²) in [5.41, 5.74) is -1.66. The average Bonchev–Trinajstić information content (AvgIpc) is 2.82. The SMILES string of the molecule is C[C@H](O[C@H](COC(=O)CN(C)C)CN(C(C)(C)C)S(C)(=O)=O)C(C)(C)C.C[C@H](O[C@H](COP(=O)(O)O)CN(C(C)(C)C)S(C)(=O)=O)C(C)(C)C. The van der Waals surface area contributed by atoms with Crippen molar-refractivity contribution in [3.63, 3.8) is 0 Å². The summed E-state index contributed by atoms with van der Waals surface area (Å²) in [7, 11) is -8.10. The summed E-state index contributed by atoms with van der Waals surface area (Å²) < 4.78 is 84.1. The van der Waals surface area contributed by atoms with Crippen molar-refractivity contribution in [3.8, 4) is 0 Å². The van der Waals surface area contributed by atoms with Gasteiger partial charge in [-0.2, -0.15) is 8.61 Å². The minimum atomic E-state index is -4.68. The fraction of sp³-hybridized carbons (Fsp3) is 0.969. The second kappa shape index (κ2) is 19.6. The van der Waals surface area contributed by atoms with E-state index < -0.39 is 57.8 Å². The molecule has 0 aliphatic heterocycles. The Hall–Kier alpha value is -0.720. The Bertz CT molecular complexity index is 1290. The van der Waals surface area contributed by atoms with Crippen molar-refractivity contribution in [1.29, 1.82) is 0 Å². The summed E-state index contributed by atoms with van der Waals surface area (Å²) in [5, 5.41) is 0. The molecule has 0 saturated heterocycles. The van der Waals surface area contributed by atoms with E-state index in [4.69, 9.17) is 24.0 Å². The van der Waals surface area contributed by atoms with Gasteiger partial charge in [-0.25, -0.2) is 21.4 Å². The molecule has 302 valence electrons. The largest absolute Gasteiger partial charge is 0.469 e. The molecular formula is C32H70N3O12PS2. The molecule has 0 aromatic heterocycles. The first kappa shape index (κ1) is 51.4. The number of ether oxygens (including phenoxy) is 3. The highest BCUT2D eigenvalue weighted by Gasteiger charge is 2.36. The van der Waals surface area contributed by atoms with Crippen molar-refractivity contribution in [3.05, 3.63) is 0 Å². The third-order valence-electron chi connectivity index (χ3n) is 7.57. The lowest BCUT2D eigenvalue weighted by Crippen LogP contribution is -2.51. The lowest BCUT2D eigenvalue weighted by molar-refractivity contribution is -0.152. The summed E-state index contributed by atoms with van der Waals surface area (Å²) >= 11 is 0. The fourth-order valence-corrected chi connectivity index (χ4v) is 7.33. The highest BCUT2D eigenvalue weighted by atomic mass is 32.2. The minimum absolute atomic E-state index is 0.00912. The Morgan fingerprint density at radius 3 is 1.24 bits per heavy atom. The Morgan fingerprint density at radius 1 is 0.680 bits per heavy atom. The van der Waals surface area contributed by atoms with Crippen LogP contribution in [-0.2, 0) is 48.1 Å². The van der Waals surface area contributed by atoms with E-state index in [0.29, 0.717) is 0 Å². The molecule has 0 unspecified atom stereocenters. The average molecular weight is 784 g/mol. The van der Waals surface area contributed by atoms with Gasteiger partial charge in [0, 0.05) is 24.2 Å². The Morgan fingerprint density at radius 2 is 1.00 bits per heavy atom. The van der Waals surface area contributed by atoms with Crippen molar-refractivity contribution >= 4 is 33.8 Å². The third-order valence-corrected chi connectivity index (χ3v) is 11.1. The van der Waals surface area contributed by atoms with E-state index >= 15 is 0 Å². The maximum Gasteiger partial charge on any atom is 0.469 e. The van der Waals surface area contributed by atoms with Crippen LogP contribution in [0.15, 0.2) is 0 Å². The standard InChI is InChI=1S/C18H38N2O5S.C14H32NO7PS/c1-14(17(2,3)4)25-15(13-24-16(21)12-19(8)9)11-20(18(5,6)7)26(10,22)23;1-11(13(2,3)4)22-12(10-21-23(16,17)18)9-15(14(5,6)7)24(8,19)20/h14-15H,11-13H2,1-10H3;11-12H,9-10H2,1-8H3,(H2,16,17,18)/t14-,15-;11-,12-/m00/s1. The molecule has 2 N–H and O–H groups in total. The monoisotopic (exact) mass is 783 g/mol. The Balaban J connectivity index is 0. The number of hydrogen-bond donors (Lipinski definition) is 2. The second-order valence-electron chi connectivity index (χ2n) is 17.2. The molecule has 0 aromatic rings. The first-order valence-corrected chi connectivity index (χ1v) is 21.8. The van der Waals surface area contributed by atoms with Crippen LogP contribution in [0.3, 0.4) is 0 Å². The fourth-order valence-electron chi connectivity index (χ4n) is 4.11. The van der Waals surface area contributed by atoms with Gasteiger partial charge in [0.2, 0.25) is 20.0 Å². The highest BCUT2D eigenvalue weighted by Crippen LogP contribution is 2.36. The van der Waals surface area contributed by atoms with Crippen LogP contribution in [0, 0.1) is 10.8 Å². The summed E-state index contributed by atoms with van der Waals surface area (Å²) in [6.07, 6.45) is 0.489. The number of carbonyl (C=O) groups excluding carboxylic acids is 1. The number of nitrogens with zero attached hydrogens (tertiary/aromatic N) is 3. The summed E-state index contributed by atoms with van der Waals surface area (Å²) in [6, 6.07) is 0. The van der Waals surface area contributed by atoms with E-state index in [1.54, 1.807) is 39.8 Å². The van der Waals surface area contributed by atoms with Gasteiger partial charge in [0.1, 0.15) is 12.7 Å². The predicted molar refractivity (Wildman–Crippen MR) is 198 cm³/mol. The van der Waals surface area contributed by atoms with E-state index in [-0.39, 0.29) is 55.2 Å². The highest BCUT2D eigenvalue weighted by molar-refractivity contribution is 7.88. The number of rotatable bonds is 17. The molecule has 18 heteroatoms. The molecular weight excluding hydrogens is 713 g/mol. The zero-order valence-electron chi connectivity index (χ0n) is 33.9. The normalized spacial score (nSPS) is 16.5. The van der Waals surface area contributed by atoms with Gasteiger partial charge >= 0.3 is 13.8 Å². The van der Waals surface area contributed by atoms with E-state index in [0.717, 1.165) is 6.26 Å². The summed E-state index contributed by atoms with van der Waals surface area (Å²) in [4.78, 5) is 31.4. The molecule has 0 amide bonds. The van der Waals surface area contributed by atoms with Gasteiger partial charge in [0.25, 0.3) is 0 Å². The molecule has 50 heavy (non-hydrogen) atoms. The maximum absolute atomic E-state index is 12.2. The van der Waals surface area contributed by atoms with Crippen LogP contribution in [-0.4, -0.2) is 141 Å². The van der Waals surface area contributed by atoms with Crippen LogP contribution >= 0.6 is 7.82 Å². The Kier molecular flexibility index (Phi) is 20.1. The molecule has 15 nitrogen and oxygen atoms in total. The van der Waals surface area contributed by atoms with Crippen LogP contribution in [0.5, 0.6) is 0 Å². The van der Waals surface area contributed by atoms with Gasteiger partial charge < -0.3 is 24.0 Å². The lowest BCUT2D eigenvalue weighted by Gasteiger charge is -2.38. The van der Waals surface area contributed by atoms with E-state index in [9.17, 15) is 26.2 Å². The number of hydrogen-bond acceptors (Lipinski definition) is 11. The van der Waals surface area contributed by atoms with Crippen LogP contribution in [0.4, 0.5) is 0 Å². The number of likely N-dealkylation sites (N-methyl/N-ethyl adjacent to an activating group) is 1. The third kappa shape index (κ3) is 23.1. The quantitative estimate of drug-likeness (QED) is 0.160. The molecule has 4 atom stereocenters. The Labute approximate surface area is 304 Å². The second-order valence-corrected chi connectivity index (χ2v) is 22.2. The van der Waals surface area contributed by atoms with Gasteiger partial charge in [-0.05, 0) is 80.3 Å². The van der Waals surface area contributed by atoms with Crippen LogP contribution in [0.1, 0.15) is 96.9 Å². The first-order chi connectivity index (χ1) is 21.8. The predicted octanol–water partition coefficient (Wildman–Crippen LogP) is 3.95. The number of phosphoric acid groups is 1. The van der Waals surface area contributed by atoms with Crippen molar-refractivity contribution in [2.75, 3.05) is 59.5 Å². The molecule has 0 bridgehead atoms. The molecule has 0 radical (unpaired) electrons. The van der Waals surface area contributed by atoms with Crippen molar-refractivity contribution < 1.29 is 54.7 Å². The lowest BCUT2D eigenvalue weighted by atomic mass is 9.90. The van der Waals surface area contributed by atoms with Crippen molar-refractivity contribution in [2.45, 2.75) is 132 Å².